The summed E-state index contributed by atoms with van der Waals surface area (Å²) in [5.41, 5.74) is 3.34. The van der Waals surface area contributed by atoms with Crippen molar-refractivity contribution in [1.82, 2.24) is 5.43 Å². The fraction of sp³-hybridized carbons (Fsp3) is 0.417. The summed E-state index contributed by atoms with van der Waals surface area (Å²) >= 11 is 3.41. The second kappa shape index (κ2) is 7.23. The third-order valence-corrected chi connectivity index (χ3v) is 2.66. The number of nitrogens with one attached hydrogen (secondary N) is 2. The van der Waals surface area contributed by atoms with Gasteiger partial charge in [0.2, 0.25) is 5.96 Å². The molecular weight excluding hydrogens is 296 g/mol. The van der Waals surface area contributed by atoms with Crippen molar-refractivity contribution in [3.05, 3.63) is 22.7 Å². The number of hydrazine groups is 1. The predicted molar refractivity (Wildman–Crippen MR) is 78.8 cm³/mol. The van der Waals surface area contributed by atoms with Gasteiger partial charge in [-0.2, -0.15) is 0 Å². The molecule has 1 aromatic carbocycles. The fourth-order valence-corrected chi connectivity index (χ4v) is 1.66. The number of nitrogens with zero attached hydrogens (tertiary/aromatic N) is 1. The first-order chi connectivity index (χ1) is 8.56. The van der Waals surface area contributed by atoms with Crippen molar-refractivity contribution >= 4 is 27.6 Å². The van der Waals surface area contributed by atoms with Gasteiger partial charge < -0.3 is 10.1 Å². The molecule has 0 unspecified atom stereocenters. The van der Waals surface area contributed by atoms with E-state index in [4.69, 9.17) is 10.6 Å². The van der Waals surface area contributed by atoms with Crippen LogP contribution in [0.25, 0.3) is 0 Å². The minimum absolute atomic E-state index is 0.472. The molecule has 18 heavy (non-hydrogen) atoms. The van der Waals surface area contributed by atoms with Gasteiger partial charge in [0.15, 0.2) is 0 Å². The van der Waals surface area contributed by atoms with Crippen molar-refractivity contribution in [2.24, 2.45) is 16.8 Å². The first kappa shape index (κ1) is 14.8. The van der Waals surface area contributed by atoms with Crippen molar-refractivity contribution in [2.75, 3.05) is 19.0 Å². The van der Waals surface area contributed by atoms with E-state index in [1.54, 1.807) is 7.11 Å². The van der Waals surface area contributed by atoms with Gasteiger partial charge in [-0.05, 0) is 24.1 Å². The monoisotopic (exact) mass is 314 g/mol. The van der Waals surface area contributed by atoms with E-state index >= 15 is 0 Å². The molecule has 0 amide bonds. The lowest BCUT2D eigenvalue weighted by Gasteiger charge is -2.13. The topological polar surface area (TPSA) is 71.7 Å². The quantitative estimate of drug-likeness (QED) is 0.345. The normalized spacial score (nSPS) is 11.6. The molecule has 0 atom stereocenters. The number of hydrogen-bond acceptors (Lipinski definition) is 3. The molecule has 0 aliphatic heterocycles. The molecule has 0 heterocycles. The molecule has 0 radical (unpaired) electrons. The maximum absolute atomic E-state index is 5.44. The van der Waals surface area contributed by atoms with Crippen LogP contribution in [0.1, 0.15) is 13.8 Å². The van der Waals surface area contributed by atoms with Gasteiger partial charge in [-0.1, -0.05) is 29.8 Å². The summed E-state index contributed by atoms with van der Waals surface area (Å²) in [6.07, 6.45) is 0. The molecule has 1 rings (SSSR count). The zero-order valence-corrected chi connectivity index (χ0v) is 12.4. The Kier molecular flexibility index (Phi) is 5.94. The summed E-state index contributed by atoms with van der Waals surface area (Å²) in [5.74, 6) is 7.15. The average molecular weight is 315 g/mol. The van der Waals surface area contributed by atoms with Gasteiger partial charge in [0.25, 0.3) is 0 Å². The SMILES string of the molecule is COc1ccc(Br)cc1NC(=NCC(C)C)NN. The first-order valence-corrected chi connectivity index (χ1v) is 6.47. The Morgan fingerprint density at radius 2 is 2.22 bits per heavy atom. The number of halogens is 1. The molecule has 0 aliphatic rings. The summed E-state index contributed by atoms with van der Waals surface area (Å²) in [6, 6.07) is 5.68. The Morgan fingerprint density at radius 1 is 1.50 bits per heavy atom. The molecule has 0 fully saturated rings. The van der Waals surface area contributed by atoms with Crippen LogP contribution in [0.15, 0.2) is 27.7 Å². The van der Waals surface area contributed by atoms with Crippen LogP contribution >= 0.6 is 15.9 Å². The standard InChI is InChI=1S/C12H19BrN4O/c1-8(2)7-15-12(17-14)16-10-6-9(13)4-5-11(10)18-3/h4-6,8H,7,14H2,1-3H3,(H2,15,16,17). The summed E-state index contributed by atoms with van der Waals surface area (Å²) in [5, 5.41) is 3.10. The molecule has 100 valence electrons. The van der Waals surface area contributed by atoms with Crippen LogP contribution in [0.4, 0.5) is 5.69 Å². The zero-order valence-electron chi connectivity index (χ0n) is 10.8. The second-order valence-corrected chi connectivity index (χ2v) is 5.11. The number of hydrogen-bond donors (Lipinski definition) is 3. The Morgan fingerprint density at radius 3 is 2.78 bits per heavy atom. The highest BCUT2D eigenvalue weighted by Crippen LogP contribution is 2.27. The highest BCUT2D eigenvalue weighted by molar-refractivity contribution is 9.10. The van der Waals surface area contributed by atoms with Crippen molar-refractivity contribution < 1.29 is 4.74 Å². The second-order valence-electron chi connectivity index (χ2n) is 4.20. The highest BCUT2D eigenvalue weighted by Gasteiger charge is 2.06. The summed E-state index contributed by atoms with van der Waals surface area (Å²) in [6.45, 7) is 4.89. The van der Waals surface area contributed by atoms with E-state index < -0.39 is 0 Å². The van der Waals surface area contributed by atoms with Gasteiger partial charge in [0.1, 0.15) is 5.75 Å². The number of benzene rings is 1. The smallest absolute Gasteiger partial charge is 0.210 e. The number of methoxy groups -OCH3 is 1. The highest BCUT2D eigenvalue weighted by atomic mass is 79.9. The van der Waals surface area contributed by atoms with Crippen molar-refractivity contribution in [1.29, 1.82) is 0 Å². The number of aliphatic imine (C=N–C) groups is 1. The lowest BCUT2D eigenvalue weighted by atomic mass is 10.2. The van der Waals surface area contributed by atoms with E-state index in [0.29, 0.717) is 18.4 Å². The molecule has 0 aliphatic carbocycles. The molecule has 0 spiro atoms. The Bertz CT molecular complexity index is 421. The van der Waals surface area contributed by atoms with Crippen LogP contribution in [0.2, 0.25) is 0 Å². The average Bonchev–Trinajstić information content (AvgIpc) is 2.34. The van der Waals surface area contributed by atoms with Gasteiger partial charge in [0, 0.05) is 11.0 Å². The van der Waals surface area contributed by atoms with Gasteiger partial charge in [-0.3, -0.25) is 10.4 Å². The first-order valence-electron chi connectivity index (χ1n) is 5.68. The number of rotatable bonds is 4. The summed E-state index contributed by atoms with van der Waals surface area (Å²) in [4.78, 5) is 4.34. The fourth-order valence-electron chi connectivity index (χ4n) is 1.30. The van der Waals surface area contributed by atoms with Crippen molar-refractivity contribution in [3.63, 3.8) is 0 Å². The predicted octanol–water partition coefficient (Wildman–Crippen LogP) is 2.34. The van der Waals surface area contributed by atoms with Crippen LogP contribution in [0, 0.1) is 5.92 Å². The lowest BCUT2D eigenvalue weighted by molar-refractivity contribution is 0.417. The van der Waals surface area contributed by atoms with E-state index in [-0.39, 0.29) is 0 Å². The van der Waals surface area contributed by atoms with Gasteiger partial charge in [-0.25, -0.2) is 5.84 Å². The van der Waals surface area contributed by atoms with Crippen LogP contribution in [0.5, 0.6) is 5.75 Å². The van der Waals surface area contributed by atoms with E-state index in [2.05, 4.69) is 45.5 Å². The van der Waals surface area contributed by atoms with Crippen molar-refractivity contribution in [2.45, 2.75) is 13.8 Å². The number of guanidine groups is 1. The maximum Gasteiger partial charge on any atom is 0.210 e. The number of ether oxygens (including phenoxy) is 1. The van der Waals surface area contributed by atoms with Gasteiger partial charge in [0.05, 0.1) is 12.8 Å². The van der Waals surface area contributed by atoms with E-state index in [1.165, 1.54) is 0 Å². The van der Waals surface area contributed by atoms with Gasteiger partial charge in [-0.15, -0.1) is 0 Å². The summed E-state index contributed by atoms with van der Waals surface area (Å²) in [7, 11) is 1.62. The third-order valence-electron chi connectivity index (χ3n) is 2.17. The largest absolute Gasteiger partial charge is 0.495 e. The van der Waals surface area contributed by atoms with E-state index in [1.807, 2.05) is 18.2 Å². The Hall–Kier alpha value is -1.27. The third kappa shape index (κ3) is 4.54. The molecular formula is C12H19BrN4O. The van der Waals surface area contributed by atoms with Crippen LogP contribution in [-0.2, 0) is 0 Å². The Balaban J connectivity index is 2.87. The molecule has 4 N–H and O–H groups in total. The number of anilines is 1. The van der Waals surface area contributed by atoms with Gasteiger partial charge >= 0.3 is 0 Å². The molecule has 0 saturated carbocycles. The summed E-state index contributed by atoms with van der Waals surface area (Å²) < 4.78 is 6.21. The minimum Gasteiger partial charge on any atom is -0.495 e. The molecule has 1 aromatic rings. The maximum atomic E-state index is 5.44. The lowest BCUT2D eigenvalue weighted by Crippen LogP contribution is -2.36. The zero-order chi connectivity index (χ0) is 13.5. The van der Waals surface area contributed by atoms with Crippen LogP contribution in [0.3, 0.4) is 0 Å². The van der Waals surface area contributed by atoms with E-state index in [9.17, 15) is 0 Å². The molecule has 0 bridgehead atoms. The molecule has 0 aromatic heterocycles. The van der Waals surface area contributed by atoms with Crippen LogP contribution in [-0.4, -0.2) is 19.6 Å². The Labute approximate surface area is 116 Å². The molecule has 0 saturated heterocycles. The van der Waals surface area contributed by atoms with E-state index in [0.717, 1.165) is 15.9 Å². The minimum atomic E-state index is 0.472. The molecule has 5 nitrogen and oxygen atoms in total. The van der Waals surface area contributed by atoms with Crippen LogP contribution < -0.4 is 21.3 Å². The number of nitrogens with two attached hydrogens (primary N) is 1. The van der Waals surface area contributed by atoms with Crippen molar-refractivity contribution in [3.8, 4) is 5.75 Å². The molecule has 6 heteroatoms.